The average Bonchev–Trinajstić information content (AvgIpc) is 2.02. The van der Waals surface area contributed by atoms with Crippen molar-refractivity contribution >= 4 is 23.6 Å². The number of fused-ring (bicyclic) bond motifs is 1. The van der Waals surface area contributed by atoms with E-state index in [2.05, 4.69) is 0 Å². The molecule has 0 aromatic heterocycles. The van der Waals surface area contributed by atoms with Crippen LogP contribution in [0.5, 0.6) is 0 Å². The number of β-lactam (4-membered cyclic amide) rings is 1. The monoisotopic (exact) mass is 209 g/mol. The van der Waals surface area contributed by atoms with Gasteiger partial charge in [-0.05, 0) is 0 Å². The number of carbonyl (C=O) groups is 2. The second kappa shape index (κ2) is 4.04. The van der Waals surface area contributed by atoms with Gasteiger partial charge in [-0.3, -0.25) is 4.79 Å². The molecule has 2 rings (SSSR count). The Hall–Kier alpha value is 0.0300. The van der Waals surface area contributed by atoms with E-state index in [-0.39, 0.29) is 42.3 Å². The maximum Gasteiger partial charge on any atom is 1.00 e. The molecule has 0 radical (unpaired) electrons. The van der Waals surface area contributed by atoms with E-state index >= 15 is 0 Å². The molecule has 0 aromatic rings. The molecule has 1 saturated heterocycles. The number of aliphatic carboxylic acids is 1. The maximum absolute atomic E-state index is 10.9. The van der Waals surface area contributed by atoms with Crippen LogP contribution in [-0.2, 0) is 9.59 Å². The van der Waals surface area contributed by atoms with E-state index in [1.165, 1.54) is 22.9 Å². The number of hydrogen-bond donors (Lipinski definition) is 1. The van der Waals surface area contributed by atoms with E-state index in [0.29, 0.717) is 17.7 Å². The Morgan fingerprint density at radius 2 is 2.46 bits per heavy atom. The predicted molar refractivity (Wildman–Crippen MR) is 44.5 cm³/mol. The quantitative estimate of drug-likeness (QED) is 0.379. The molecule has 1 atom stereocenters. The molecule has 4 nitrogen and oxygen atoms in total. The average molecular weight is 209 g/mol. The summed E-state index contributed by atoms with van der Waals surface area (Å²) in [7, 11) is 0. The molecule has 2 aliphatic heterocycles. The van der Waals surface area contributed by atoms with Crippen LogP contribution in [0.15, 0.2) is 11.8 Å². The van der Waals surface area contributed by atoms with Gasteiger partial charge in [-0.2, -0.15) is 0 Å². The largest absolute Gasteiger partial charge is 1.00 e. The van der Waals surface area contributed by atoms with Gasteiger partial charge >= 0.3 is 35.5 Å². The van der Waals surface area contributed by atoms with E-state index in [1.54, 1.807) is 0 Å². The van der Waals surface area contributed by atoms with Crippen molar-refractivity contribution in [2.24, 2.45) is 0 Å². The van der Waals surface area contributed by atoms with E-state index in [9.17, 15) is 9.59 Å². The minimum absolute atomic E-state index is 0. The summed E-state index contributed by atoms with van der Waals surface area (Å²) < 4.78 is 0. The minimum Gasteiger partial charge on any atom is -1.00 e. The SMILES string of the molecule is O=C(O)C1=CN2C(=O)C[C@H]2SC1.[H-].[Na+]. The maximum atomic E-state index is 10.9. The van der Waals surface area contributed by atoms with Crippen LogP contribution in [0.4, 0.5) is 0 Å². The molecule has 66 valence electrons. The van der Waals surface area contributed by atoms with Gasteiger partial charge in [-0.15, -0.1) is 11.8 Å². The van der Waals surface area contributed by atoms with Crippen LogP contribution in [0.1, 0.15) is 7.85 Å². The number of rotatable bonds is 1. The van der Waals surface area contributed by atoms with Gasteiger partial charge in [0.15, 0.2) is 0 Å². The molecule has 1 N–H and O–H groups in total. The number of thioether (sulfide) groups is 1. The molecular weight excluding hydrogens is 201 g/mol. The zero-order chi connectivity index (χ0) is 8.72. The fraction of sp³-hybridized carbons (Fsp3) is 0.429. The summed E-state index contributed by atoms with van der Waals surface area (Å²) in [4.78, 5) is 22.9. The summed E-state index contributed by atoms with van der Waals surface area (Å²) in [6, 6.07) is 0. The first kappa shape index (κ1) is 11.1. The molecule has 0 saturated carbocycles. The van der Waals surface area contributed by atoms with Crippen molar-refractivity contribution < 1.29 is 45.7 Å². The van der Waals surface area contributed by atoms with Gasteiger partial charge in [0.1, 0.15) is 0 Å². The van der Waals surface area contributed by atoms with Crippen LogP contribution in [0.2, 0.25) is 0 Å². The summed E-state index contributed by atoms with van der Waals surface area (Å²) >= 11 is 1.51. The molecule has 13 heavy (non-hydrogen) atoms. The van der Waals surface area contributed by atoms with E-state index in [1.807, 2.05) is 0 Å². The molecule has 1 amide bonds. The summed E-state index contributed by atoms with van der Waals surface area (Å²) in [5, 5.41) is 8.83. The molecule has 2 heterocycles. The van der Waals surface area contributed by atoms with Gasteiger partial charge in [-0.1, -0.05) is 0 Å². The van der Waals surface area contributed by atoms with Gasteiger partial charge in [0, 0.05) is 12.0 Å². The van der Waals surface area contributed by atoms with Crippen molar-refractivity contribution in [3.63, 3.8) is 0 Å². The Balaban J connectivity index is 0.000000845. The first-order valence-corrected chi connectivity index (χ1v) is 4.60. The molecule has 0 aromatic carbocycles. The van der Waals surface area contributed by atoms with Crippen molar-refractivity contribution in [1.82, 2.24) is 4.90 Å². The Morgan fingerprint density at radius 3 is 3.00 bits per heavy atom. The topological polar surface area (TPSA) is 57.6 Å². The second-order valence-corrected chi connectivity index (χ2v) is 3.90. The second-order valence-electron chi connectivity index (χ2n) is 2.73. The standard InChI is InChI=1S/C7H7NO3S.Na.H/c9-5-1-6-8(5)2-4(3-12-6)7(10)11;;/h2,6H,1,3H2,(H,10,11);;/q;+1;-1/t6-;;/m1../s1. The van der Waals surface area contributed by atoms with E-state index in [4.69, 9.17) is 5.11 Å². The smallest absolute Gasteiger partial charge is 1.00 e. The van der Waals surface area contributed by atoms with Gasteiger partial charge in [0.25, 0.3) is 0 Å². The molecule has 1 fully saturated rings. The number of hydrogen-bond acceptors (Lipinski definition) is 3. The molecule has 0 spiro atoms. The van der Waals surface area contributed by atoms with Crippen LogP contribution in [0, 0.1) is 0 Å². The van der Waals surface area contributed by atoms with Crippen molar-refractivity contribution in [2.75, 3.05) is 5.75 Å². The summed E-state index contributed by atoms with van der Waals surface area (Å²) in [5.74, 6) is -0.407. The van der Waals surface area contributed by atoms with Gasteiger partial charge in [0.05, 0.1) is 17.4 Å². The van der Waals surface area contributed by atoms with Gasteiger partial charge in [0.2, 0.25) is 5.91 Å². The number of carboxylic acids is 1. The Labute approximate surface area is 103 Å². The molecular formula is C7H8NNaO3S. The molecule has 0 unspecified atom stereocenters. The van der Waals surface area contributed by atoms with E-state index < -0.39 is 5.97 Å². The van der Waals surface area contributed by atoms with Crippen LogP contribution < -0.4 is 29.6 Å². The van der Waals surface area contributed by atoms with E-state index in [0.717, 1.165) is 0 Å². The van der Waals surface area contributed by atoms with Crippen LogP contribution in [-0.4, -0.2) is 33.0 Å². The minimum atomic E-state index is -0.930. The first-order valence-electron chi connectivity index (χ1n) is 3.55. The molecule has 0 bridgehead atoms. The molecule has 6 heteroatoms. The third-order valence-corrected chi connectivity index (χ3v) is 3.20. The number of amides is 1. The predicted octanol–water partition coefficient (Wildman–Crippen LogP) is -2.62. The summed E-state index contributed by atoms with van der Waals surface area (Å²) in [6.45, 7) is 0. The Morgan fingerprint density at radius 1 is 1.77 bits per heavy atom. The van der Waals surface area contributed by atoms with Crippen molar-refractivity contribution in [3.05, 3.63) is 11.8 Å². The third-order valence-electron chi connectivity index (χ3n) is 1.95. The van der Waals surface area contributed by atoms with Gasteiger partial charge < -0.3 is 11.4 Å². The zero-order valence-electron chi connectivity index (χ0n) is 8.19. The molecule has 0 aliphatic carbocycles. The molecule has 2 aliphatic rings. The Kier molecular flexibility index (Phi) is 3.45. The van der Waals surface area contributed by atoms with Crippen LogP contribution in [0.25, 0.3) is 0 Å². The third kappa shape index (κ3) is 1.93. The van der Waals surface area contributed by atoms with Crippen molar-refractivity contribution in [2.45, 2.75) is 11.8 Å². The first-order chi connectivity index (χ1) is 5.68. The zero-order valence-corrected chi connectivity index (χ0v) is 10.0. The van der Waals surface area contributed by atoms with Crippen molar-refractivity contribution in [3.8, 4) is 0 Å². The fourth-order valence-corrected chi connectivity index (χ4v) is 2.37. The fourth-order valence-electron chi connectivity index (χ4n) is 1.20. The normalized spacial score (nSPS) is 25.2. The number of nitrogens with zero attached hydrogens (tertiary/aromatic N) is 1. The van der Waals surface area contributed by atoms with Crippen LogP contribution in [0.3, 0.4) is 0 Å². The van der Waals surface area contributed by atoms with Crippen LogP contribution >= 0.6 is 11.8 Å². The summed E-state index contributed by atoms with van der Waals surface area (Å²) in [6.07, 6.45) is 2.00. The number of carboxylic acid groups (broad SMARTS) is 1. The summed E-state index contributed by atoms with van der Waals surface area (Å²) in [5.41, 5.74) is 0.310. The van der Waals surface area contributed by atoms with Crippen molar-refractivity contribution in [1.29, 1.82) is 0 Å². The van der Waals surface area contributed by atoms with Gasteiger partial charge in [-0.25, -0.2) is 4.79 Å². The Bertz CT molecular complexity index is 297. The number of carbonyl (C=O) groups excluding carboxylic acids is 1.